The fraction of sp³-hybridized carbons (Fsp3) is 1.00. The van der Waals surface area contributed by atoms with Gasteiger partial charge in [0.25, 0.3) is 0 Å². The maximum Gasteiger partial charge on any atom is 0.0655 e. The molecule has 3 N–H and O–H groups in total. The van der Waals surface area contributed by atoms with Crippen molar-refractivity contribution in [1.82, 2.24) is 5.32 Å². The van der Waals surface area contributed by atoms with Crippen LogP contribution in [-0.2, 0) is 4.74 Å². The molecular weight excluding hydrogens is 212 g/mol. The van der Waals surface area contributed by atoms with Gasteiger partial charge in [-0.3, -0.25) is 0 Å². The molecule has 0 aromatic carbocycles. The van der Waals surface area contributed by atoms with Gasteiger partial charge in [0.05, 0.1) is 6.10 Å². The molecule has 3 nitrogen and oxygen atoms in total. The quantitative estimate of drug-likeness (QED) is 0.714. The summed E-state index contributed by atoms with van der Waals surface area (Å²) in [5.41, 5.74) is 6.39. The molecule has 2 aliphatic rings. The molecule has 0 aromatic rings. The molecule has 17 heavy (non-hydrogen) atoms. The van der Waals surface area contributed by atoms with Gasteiger partial charge in [0.1, 0.15) is 0 Å². The summed E-state index contributed by atoms with van der Waals surface area (Å²) in [6.45, 7) is 8.44. The molecule has 3 atom stereocenters. The van der Waals surface area contributed by atoms with E-state index in [1.54, 1.807) is 0 Å². The second-order valence-electron chi connectivity index (χ2n) is 6.40. The second kappa shape index (κ2) is 5.25. The molecule has 0 aliphatic heterocycles. The van der Waals surface area contributed by atoms with Crippen LogP contribution in [0.3, 0.4) is 0 Å². The lowest BCUT2D eigenvalue weighted by atomic mass is 9.64. The van der Waals surface area contributed by atoms with Crippen molar-refractivity contribution in [3.8, 4) is 0 Å². The first-order valence-electron chi connectivity index (χ1n) is 7.14. The normalized spacial score (nSPS) is 33.2. The van der Waals surface area contributed by atoms with Crippen molar-refractivity contribution in [1.29, 1.82) is 0 Å². The van der Waals surface area contributed by atoms with E-state index in [0.717, 1.165) is 25.5 Å². The third kappa shape index (κ3) is 3.21. The van der Waals surface area contributed by atoms with Crippen LogP contribution in [0.2, 0.25) is 0 Å². The Labute approximate surface area is 105 Å². The zero-order valence-corrected chi connectivity index (χ0v) is 11.5. The summed E-state index contributed by atoms with van der Waals surface area (Å²) in [6.07, 6.45) is 5.56. The molecule has 2 aliphatic carbocycles. The van der Waals surface area contributed by atoms with Crippen LogP contribution in [0.1, 0.15) is 46.5 Å². The zero-order valence-electron chi connectivity index (χ0n) is 11.5. The van der Waals surface area contributed by atoms with Crippen LogP contribution >= 0.6 is 0 Å². The second-order valence-corrected chi connectivity index (χ2v) is 6.40. The molecule has 3 heteroatoms. The number of hydrogen-bond donors (Lipinski definition) is 2. The van der Waals surface area contributed by atoms with E-state index in [1.807, 2.05) is 0 Å². The van der Waals surface area contributed by atoms with Crippen molar-refractivity contribution in [2.24, 2.45) is 17.1 Å². The minimum Gasteiger partial charge on any atom is -0.378 e. The Morgan fingerprint density at radius 3 is 2.65 bits per heavy atom. The molecular formula is C14H28N2O. The summed E-state index contributed by atoms with van der Waals surface area (Å²) < 4.78 is 5.73. The van der Waals surface area contributed by atoms with Gasteiger partial charge in [0.15, 0.2) is 0 Å². The summed E-state index contributed by atoms with van der Waals surface area (Å²) in [4.78, 5) is 0. The van der Waals surface area contributed by atoms with E-state index >= 15 is 0 Å². The first-order valence-corrected chi connectivity index (χ1v) is 7.14. The average Bonchev–Trinajstić information content (AvgIpc) is 3.06. The van der Waals surface area contributed by atoms with Gasteiger partial charge < -0.3 is 15.8 Å². The first-order chi connectivity index (χ1) is 8.04. The first kappa shape index (κ1) is 13.3. The molecule has 0 aromatic heterocycles. The summed E-state index contributed by atoms with van der Waals surface area (Å²) in [5.74, 6) is 0.928. The van der Waals surface area contributed by atoms with Crippen LogP contribution < -0.4 is 11.1 Å². The molecule has 100 valence electrons. The lowest BCUT2D eigenvalue weighted by Gasteiger charge is -2.52. The summed E-state index contributed by atoms with van der Waals surface area (Å²) >= 11 is 0. The standard InChI is InChI=1S/C14H28N2O/c1-4-17-13-8-12(14(13,2)3)16-9-11(15)7-10-5-6-10/h10-13,16H,4-9,15H2,1-3H3. The van der Waals surface area contributed by atoms with E-state index < -0.39 is 0 Å². The van der Waals surface area contributed by atoms with Gasteiger partial charge in [-0.2, -0.15) is 0 Å². The third-order valence-corrected chi connectivity index (χ3v) is 4.51. The van der Waals surface area contributed by atoms with E-state index in [0.29, 0.717) is 18.2 Å². The van der Waals surface area contributed by atoms with Crippen LogP contribution in [0.25, 0.3) is 0 Å². The van der Waals surface area contributed by atoms with Crippen molar-refractivity contribution in [2.45, 2.75) is 64.6 Å². The molecule has 2 rings (SSSR count). The molecule has 0 amide bonds. The highest BCUT2D eigenvalue weighted by molar-refractivity contribution is 5.03. The molecule has 2 saturated carbocycles. The van der Waals surface area contributed by atoms with Gasteiger partial charge in [0.2, 0.25) is 0 Å². The predicted octanol–water partition coefficient (Wildman–Crippen LogP) is 1.91. The highest BCUT2D eigenvalue weighted by atomic mass is 16.5. The van der Waals surface area contributed by atoms with Gasteiger partial charge in [0, 0.05) is 30.7 Å². The molecule has 0 saturated heterocycles. The van der Waals surface area contributed by atoms with Gasteiger partial charge >= 0.3 is 0 Å². The number of nitrogens with two attached hydrogens (primary N) is 1. The molecule has 0 spiro atoms. The third-order valence-electron chi connectivity index (χ3n) is 4.51. The summed E-state index contributed by atoms with van der Waals surface area (Å²) in [5, 5.41) is 3.63. The Balaban J connectivity index is 1.66. The Morgan fingerprint density at radius 2 is 2.12 bits per heavy atom. The lowest BCUT2D eigenvalue weighted by Crippen LogP contribution is -2.62. The van der Waals surface area contributed by atoms with Gasteiger partial charge in [-0.1, -0.05) is 26.7 Å². The molecule has 0 radical (unpaired) electrons. The minimum atomic E-state index is 0.259. The van der Waals surface area contributed by atoms with E-state index in [1.165, 1.54) is 19.3 Å². The van der Waals surface area contributed by atoms with E-state index in [9.17, 15) is 0 Å². The van der Waals surface area contributed by atoms with Crippen LogP contribution in [0, 0.1) is 11.3 Å². The maximum atomic E-state index is 6.13. The summed E-state index contributed by atoms with van der Waals surface area (Å²) in [6, 6.07) is 0.911. The maximum absolute atomic E-state index is 6.13. The van der Waals surface area contributed by atoms with Crippen molar-refractivity contribution >= 4 is 0 Å². The minimum absolute atomic E-state index is 0.259. The van der Waals surface area contributed by atoms with Crippen LogP contribution in [0.15, 0.2) is 0 Å². The smallest absolute Gasteiger partial charge is 0.0655 e. The number of rotatable bonds is 7. The van der Waals surface area contributed by atoms with E-state index in [-0.39, 0.29) is 5.41 Å². The SMILES string of the molecule is CCOC1CC(NCC(N)CC2CC2)C1(C)C. The van der Waals surface area contributed by atoms with E-state index in [2.05, 4.69) is 26.1 Å². The van der Waals surface area contributed by atoms with Crippen molar-refractivity contribution in [3.63, 3.8) is 0 Å². The Morgan fingerprint density at radius 1 is 1.41 bits per heavy atom. The lowest BCUT2D eigenvalue weighted by molar-refractivity contribution is -0.114. The monoisotopic (exact) mass is 240 g/mol. The Hall–Kier alpha value is -0.120. The molecule has 2 fully saturated rings. The highest BCUT2D eigenvalue weighted by Crippen LogP contribution is 2.42. The van der Waals surface area contributed by atoms with Crippen molar-refractivity contribution in [3.05, 3.63) is 0 Å². The Bertz CT molecular complexity index is 251. The largest absolute Gasteiger partial charge is 0.378 e. The topological polar surface area (TPSA) is 47.3 Å². The number of ether oxygens (including phenoxy) is 1. The number of hydrogen-bond acceptors (Lipinski definition) is 3. The predicted molar refractivity (Wildman–Crippen MR) is 70.9 cm³/mol. The fourth-order valence-electron chi connectivity index (χ4n) is 2.87. The molecule has 0 heterocycles. The average molecular weight is 240 g/mol. The molecule has 0 bridgehead atoms. The molecule has 3 unspecified atom stereocenters. The Kier molecular flexibility index (Phi) is 4.11. The van der Waals surface area contributed by atoms with E-state index in [4.69, 9.17) is 10.5 Å². The summed E-state index contributed by atoms with van der Waals surface area (Å²) in [7, 11) is 0. The van der Waals surface area contributed by atoms with Crippen LogP contribution in [0.4, 0.5) is 0 Å². The van der Waals surface area contributed by atoms with Crippen molar-refractivity contribution in [2.75, 3.05) is 13.2 Å². The van der Waals surface area contributed by atoms with Gasteiger partial charge in [-0.25, -0.2) is 0 Å². The van der Waals surface area contributed by atoms with Crippen molar-refractivity contribution < 1.29 is 4.74 Å². The van der Waals surface area contributed by atoms with Gasteiger partial charge in [-0.15, -0.1) is 0 Å². The zero-order chi connectivity index (χ0) is 12.5. The fourth-order valence-corrected chi connectivity index (χ4v) is 2.87. The van der Waals surface area contributed by atoms with Crippen LogP contribution in [-0.4, -0.2) is 31.3 Å². The van der Waals surface area contributed by atoms with Crippen LogP contribution in [0.5, 0.6) is 0 Å². The number of nitrogens with one attached hydrogen (secondary N) is 1. The highest BCUT2D eigenvalue weighted by Gasteiger charge is 2.48. The van der Waals surface area contributed by atoms with Gasteiger partial charge in [-0.05, 0) is 25.7 Å².